The van der Waals surface area contributed by atoms with Gasteiger partial charge in [-0.25, -0.2) is 8.42 Å². The van der Waals surface area contributed by atoms with Crippen molar-refractivity contribution in [3.63, 3.8) is 0 Å². The van der Waals surface area contributed by atoms with Gasteiger partial charge in [-0.3, -0.25) is 4.90 Å². The maximum absolute atomic E-state index is 11.5. The zero-order valence-electron chi connectivity index (χ0n) is 11.5. The fraction of sp³-hybridized carbons (Fsp3) is 1.00. The van der Waals surface area contributed by atoms with Crippen LogP contribution in [-0.2, 0) is 10.0 Å². The summed E-state index contributed by atoms with van der Waals surface area (Å²) in [7, 11) is -3.01. The lowest BCUT2D eigenvalue weighted by Gasteiger charge is -2.39. The third-order valence-corrected chi connectivity index (χ3v) is 5.64. The second-order valence-electron chi connectivity index (χ2n) is 5.60. The Bertz CT molecular complexity index is 369. The van der Waals surface area contributed by atoms with Crippen LogP contribution in [0.4, 0.5) is 0 Å². The highest BCUT2D eigenvalue weighted by molar-refractivity contribution is 7.88. The number of hydrogen-bond donors (Lipinski definition) is 1. The van der Waals surface area contributed by atoms with E-state index in [4.69, 9.17) is 0 Å². The molecule has 0 aliphatic carbocycles. The van der Waals surface area contributed by atoms with Crippen LogP contribution in [0.5, 0.6) is 0 Å². The minimum atomic E-state index is -3.01. The molecular formula is C12H25N3O2S. The van der Waals surface area contributed by atoms with Crippen molar-refractivity contribution < 1.29 is 8.42 Å². The van der Waals surface area contributed by atoms with Crippen molar-refractivity contribution in [2.75, 3.05) is 45.5 Å². The van der Waals surface area contributed by atoms with E-state index in [-0.39, 0.29) is 5.54 Å². The van der Waals surface area contributed by atoms with Crippen molar-refractivity contribution >= 4 is 10.0 Å². The quantitative estimate of drug-likeness (QED) is 0.790. The Morgan fingerprint density at radius 2 is 1.89 bits per heavy atom. The second-order valence-corrected chi connectivity index (χ2v) is 7.58. The van der Waals surface area contributed by atoms with Gasteiger partial charge in [-0.1, -0.05) is 6.92 Å². The fourth-order valence-corrected chi connectivity index (χ4v) is 3.89. The van der Waals surface area contributed by atoms with Crippen LogP contribution in [0.2, 0.25) is 0 Å². The molecule has 6 heteroatoms. The lowest BCUT2D eigenvalue weighted by molar-refractivity contribution is 0.141. The molecule has 2 rings (SSSR count). The molecule has 5 nitrogen and oxygen atoms in total. The Balaban J connectivity index is 1.87. The fourth-order valence-electron chi connectivity index (χ4n) is 3.06. The first-order valence-electron chi connectivity index (χ1n) is 6.88. The monoisotopic (exact) mass is 275 g/mol. The molecule has 2 aliphatic rings. The van der Waals surface area contributed by atoms with Crippen LogP contribution in [0.1, 0.15) is 26.2 Å². The summed E-state index contributed by atoms with van der Waals surface area (Å²) in [5.74, 6) is 0. The highest BCUT2D eigenvalue weighted by Gasteiger charge is 2.34. The van der Waals surface area contributed by atoms with Crippen molar-refractivity contribution in [2.45, 2.75) is 31.7 Å². The first kappa shape index (κ1) is 14.2. The molecule has 0 aromatic rings. The van der Waals surface area contributed by atoms with Gasteiger partial charge in [0.25, 0.3) is 0 Å². The van der Waals surface area contributed by atoms with E-state index in [9.17, 15) is 8.42 Å². The predicted octanol–water partition coefficient (Wildman–Crippen LogP) is 0.0958. The van der Waals surface area contributed by atoms with E-state index in [1.807, 2.05) is 0 Å². The van der Waals surface area contributed by atoms with Gasteiger partial charge in [0, 0.05) is 38.3 Å². The molecule has 1 N–H and O–H groups in total. The molecule has 18 heavy (non-hydrogen) atoms. The van der Waals surface area contributed by atoms with Gasteiger partial charge in [0.15, 0.2) is 0 Å². The summed E-state index contributed by atoms with van der Waals surface area (Å²) >= 11 is 0. The molecule has 2 aliphatic heterocycles. The Labute approximate surface area is 111 Å². The molecule has 0 aromatic heterocycles. The van der Waals surface area contributed by atoms with Crippen molar-refractivity contribution in [3.05, 3.63) is 0 Å². The topological polar surface area (TPSA) is 52.7 Å². The molecule has 0 saturated carbocycles. The summed E-state index contributed by atoms with van der Waals surface area (Å²) in [4.78, 5) is 2.41. The van der Waals surface area contributed by atoms with Gasteiger partial charge in [-0.2, -0.15) is 4.31 Å². The van der Waals surface area contributed by atoms with E-state index in [1.54, 1.807) is 4.31 Å². The summed E-state index contributed by atoms with van der Waals surface area (Å²) < 4.78 is 24.5. The molecule has 0 radical (unpaired) electrons. The van der Waals surface area contributed by atoms with Gasteiger partial charge < -0.3 is 5.32 Å². The largest absolute Gasteiger partial charge is 0.310 e. The normalized spacial score (nSPS) is 31.9. The molecule has 0 spiro atoms. The predicted molar refractivity (Wildman–Crippen MR) is 73.1 cm³/mol. The van der Waals surface area contributed by atoms with Crippen LogP contribution in [-0.4, -0.2) is 68.7 Å². The molecule has 2 fully saturated rings. The molecule has 0 aromatic carbocycles. The summed E-state index contributed by atoms with van der Waals surface area (Å²) in [6.07, 6.45) is 4.96. The second kappa shape index (κ2) is 5.45. The highest BCUT2D eigenvalue weighted by atomic mass is 32.2. The Morgan fingerprint density at radius 1 is 1.22 bits per heavy atom. The van der Waals surface area contributed by atoms with Gasteiger partial charge in [-0.05, 0) is 25.8 Å². The molecule has 2 heterocycles. The van der Waals surface area contributed by atoms with Crippen LogP contribution in [0.25, 0.3) is 0 Å². The summed E-state index contributed by atoms with van der Waals surface area (Å²) in [5.41, 5.74) is 0.271. The number of sulfonamides is 1. The highest BCUT2D eigenvalue weighted by Crippen LogP contribution is 2.24. The summed E-state index contributed by atoms with van der Waals surface area (Å²) in [6, 6.07) is 0. The Kier molecular flexibility index (Phi) is 4.31. The van der Waals surface area contributed by atoms with E-state index in [0.717, 1.165) is 32.6 Å². The summed E-state index contributed by atoms with van der Waals surface area (Å²) in [5, 5.41) is 3.64. The smallest absolute Gasteiger partial charge is 0.211 e. The van der Waals surface area contributed by atoms with Gasteiger partial charge in [0.1, 0.15) is 0 Å². The zero-order valence-corrected chi connectivity index (χ0v) is 12.3. The van der Waals surface area contributed by atoms with Crippen LogP contribution >= 0.6 is 0 Å². The van der Waals surface area contributed by atoms with Crippen molar-refractivity contribution in [2.24, 2.45) is 0 Å². The van der Waals surface area contributed by atoms with Crippen molar-refractivity contribution in [3.8, 4) is 0 Å². The van der Waals surface area contributed by atoms with Crippen LogP contribution in [0.15, 0.2) is 0 Å². The molecule has 1 unspecified atom stereocenters. The van der Waals surface area contributed by atoms with E-state index < -0.39 is 10.0 Å². The lowest BCUT2D eigenvalue weighted by Crippen LogP contribution is -2.55. The molecular weight excluding hydrogens is 250 g/mol. The van der Waals surface area contributed by atoms with Crippen molar-refractivity contribution in [1.82, 2.24) is 14.5 Å². The average molecular weight is 275 g/mol. The van der Waals surface area contributed by atoms with Crippen LogP contribution < -0.4 is 5.32 Å². The average Bonchev–Trinajstić information content (AvgIpc) is 2.78. The summed E-state index contributed by atoms with van der Waals surface area (Å²) in [6.45, 7) is 7.41. The maximum Gasteiger partial charge on any atom is 0.211 e. The SMILES string of the molecule is CCC1(CN2CCN(S(C)(=O)=O)CC2)CCCN1. The minimum Gasteiger partial charge on any atom is -0.310 e. The van der Waals surface area contributed by atoms with Crippen LogP contribution in [0, 0.1) is 0 Å². The molecule has 0 amide bonds. The number of nitrogens with one attached hydrogen (secondary N) is 1. The first-order valence-corrected chi connectivity index (χ1v) is 8.72. The Morgan fingerprint density at radius 3 is 2.33 bits per heavy atom. The van der Waals surface area contributed by atoms with E-state index in [2.05, 4.69) is 17.1 Å². The third-order valence-electron chi connectivity index (χ3n) is 4.34. The number of piperazine rings is 1. The molecule has 106 valence electrons. The molecule has 1 atom stereocenters. The van der Waals surface area contributed by atoms with E-state index in [1.165, 1.54) is 19.1 Å². The minimum absolute atomic E-state index is 0.271. The molecule has 2 saturated heterocycles. The first-order chi connectivity index (χ1) is 8.45. The lowest BCUT2D eigenvalue weighted by atomic mass is 9.93. The van der Waals surface area contributed by atoms with Gasteiger partial charge in [-0.15, -0.1) is 0 Å². The van der Waals surface area contributed by atoms with Gasteiger partial charge in [0.2, 0.25) is 10.0 Å². The maximum atomic E-state index is 11.5. The van der Waals surface area contributed by atoms with Crippen molar-refractivity contribution in [1.29, 1.82) is 0 Å². The number of hydrogen-bond acceptors (Lipinski definition) is 4. The van der Waals surface area contributed by atoms with Crippen LogP contribution in [0.3, 0.4) is 0 Å². The van der Waals surface area contributed by atoms with Gasteiger partial charge in [0.05, 0.1) is 6.26 Å². The molecule has 0 bridgehead atoms. The van der Waals surface area contributed by atoms with E-state index >= 15 is 0 Å². The Hall–Kier alpha value is -0.170. The third kappa shape index (κ3) is 3.23. The van der Waals surface area contributed by atoms with E-state index in [0.29, 0.717) is 13.1 Å². The zero-order chi connectivity index (χ0) is 13.2. The number of rotatable bonds is 4. The van der Waals surface area contributed by atoms with Gasteiger partial charge >= 0.3 is 0 Å². The number of nitrogens with zero attached hydrogens (tertiary/aromatic N) is 2. The standard InChI is InChI=1S/C12H25N3O2S/c1-3-12(5-4-6-13-12)11-14-7-9-15(10-8-14)18(2,16)17/h13H,3-11H2,1-2H3.